The summed E-state index contributed by atoms with van der Waals surface area (Å²) in [5.74, 6) is -4.89. The Bertz CT molecular complexity index is 1400. The Kier molecular flexibility index (Phi) is 6.16. The number of piperidine rings is 1. The molecule has 1 aliphatic rings. The molecule has 14 heteroatoms. The highest BCUT2D eigenvalue weighted by molar-refractivity contribution is 7.88. The van der Waals surface area contributed by atoms with Gasteiger partial charge in [0.05, 0.1) is 17.3 Å². The molecule has 0 amide bonds. The third-order valence-corrected chi connectivity index (χ3v) is 7.56. The summed E-state index contributed by atoms with van der Waals surface area (Å²) in [4.78, 5) is 6.22. The van der Waals surface area contributed by atoms with Crippen molar-refractivity contribution in [3.63, 3.8) is 0 Å². The van der Waals surface area contributed by atoms with E-state index >= 15 is 0 Å². The van der Waals surface area contributed by atoms with Gasteiger partial charge in [0.15, 0.2) is 17.4 Å². The van der Waals surface area contributed by atoms with Crippen LogP contribution in [0.3, 0.4) is 0 Å². The largest absolute Gasteiger partial charge is 0.503 e. The number of aromatic hydroxyl groups is 1. The van der Waals surface area contributed by atoms with Crippen LogP contribution in [0.4, 0.5) is 27.8 Å². The molecule has 190 valence electrons. The van der Waals surface area contributed by atoms with E-state index in [-0.39, 0.29) is 23.2 Å². The van der Waals surface area contributed by atoms with Crippen molar-refractivity contribution < 1.29 is 35.5 Å². The molecule has 0 bridgehead atoms. The molecule has 1 aliphatic heterocycles. The molecule has 0 radical (unpaired) electrons. The normalized spacial score (nSPS) is 16.2. The first-order valence-electron chi connectivity index (χ1n) is 10.5. The number of sulfonamides is 1. The number of hydrogen-bond acceptors (Lipinski definition) is 6. The number of phenols is 1. The van der Waals surface area contributed by atoms with Gasteiger partial charge in [-0.1, -0.05) is 0 Å². The lowest BCUT2D eigenvalue weighted by atomic mass is 10.0. The van der Waals surface area contributed by atoms with Crippen LogP contribution in [0.25, 0.3) is 22.2 Å². The zero-order valence-corrected chi connectivity index (χ0v) is 19.8. The quantitative estimate of drug-likeness (QED) is 0.531. The van der Waals surface area contributed by atoms with E-state index in [0.717, 1.165) is 6.26 Å². The summed E-state index contributed by atoms with van der Waals surface area (Å²) in [5, 5.41) is 14.0. The number of rotatable bonds is 4. The number of pyridine rings is 1. The number of benzene rings is 1. The van der Waals surface area contributed by atoms with Gasteiger partial charge in [-0.15, -0.1) is 0 Å². The molecule has 0 atom stereocenters. The summed E-state index contributed by atoms with van der Waals surface area (Å²) in [7, 11) is 0.0232. The number of anilines is 1. The van der Waals surface area contributed by atoms with Crippen LogP contribution in [0.1, 0.15) is 18.4 Å². The lowest BCUT2D eigenvalue weighted by molar-refractivity contribution is -0.140. The Hall–Kier alpha value is -3.00. The summed E-state index contributed by atoms with van der Waals surface area (Å²) < 4.78 is 94.4. The van der Waals surface area contributed by atoms with Crippen LogP contribution in [-0.4, -0.2) is 65.0 Å². The van der Waals surface area contributed by atoms with Crippen molar-refractivity contribution in [1.29, 1.82) is 0 Å². The fraction of sp³-hybridized carbons (Fsp3) is 0.429. The number of aryl methyl sites for hydroxylation is 1. The molecule has 1 fully saturated rings. The fourth-order valence-electron chi connectivity index (χ4n) is 4.28. The molecular formula is C21H22F5N5O3S. The van der Waals surface area contributed by atoms with Crippen LogP contribution in [0.15, 0.2) is 18.3 Å². The molecule has 1 N–H and O–H groups in total. The maximum Gasteiger partial charge on any atom is 0.419 e. The van der Waals surface area contributed by atoms with Crippen molar-refractivity contribution in [2.75, 3.05) is 31.3 Å². The van der Waals surface area contributed by atoms with Gasteiger partial charge >= 0.3 is 6.18 Å². The van der Waals surface area contributed by atoms with Crippen molar-refractivity contribution in [3.05, 3.63) is 35.5 Å². The fourth-order valence-corrected chi connectivity index (χ4v) is 5.16. The van der Waals surface area contributed by atoms with Crippen LogP contribution in [0.5, 0.6) is 5.75 Å². The first-order chi connectivity index (χ1) is 16.2. The number of aromatic nitrogens is 3. The number of halogens is 5. The van der Waals surface area contributed by atoms with Gasteiger partial charge in [-0.2, -0.15) is 18.3 Å². The topological polar surface area (TPSA) is 91.6 Å². The lowest BCUT2D eigenvalue weighted by Crippen LogP contribution is -2.45. The second-order valence-corrected chi connectivity index (χ2v) is 10.5. The molecular weight excluding hydrogens is 497 g/mol. The number of nitrogens with zero attached hydrogens (tertiary/aromatic N) is 5. The van der Waals surface area contributed by atoms with Crippen LogP contribution in [0.2, 0.25) is 0 Å². The van der Waals surface area contributed by atoms with Crippen LogP contribution < -0.4 is 4.90 Å². The minimum Gasteiger partial charge on any atom is -0.503 e. The third kappa shape index (κ3) is 4.51. The SMILES string of the molecule is CN(c1cc2c(cn1)c(-c1cc(C(F)(F)F)c(F)c(O)c1F)nn2C)C1CCN(S(C)(=O)=O)CC1. The number of alkyl halides is 3. The van der Waals surface area contributed by atoms with Crippen molar-refractivity contribution in [2.45, 2.75) is 25.1 Å². The van der Waals surface area contributed by atoms with Gasteiger partial charge in [-0.05, 0) is 18.9 Å². The highest BCUT2D eigenvalue weighted by Crippen LogP contribution is 2.41. The first-order valence-corrected chi connectivity index (χ1v) is 12.3. The average Bonchev–Trinajstić information content (AvgIpc) is 3.11. The smallest absolute Gasteiger partial charge is 0.419 e. The van der Waals surface area contributed by atoms with Crippen LogP contribution >= 0.6 is 0 Å². The Morgan fingerprint density at radius 3 is 2.34 bits per heavy atom. The Balaban J connectivity index is 1.71. The number of phenolic OH excluding ortho intramolecular Hbond substituents is 1. The van der Waals surface area contributed by atoms with Gasteiger partial charge in [0.1, 0.15) is 11.5 Å². The molecule has 0 saturated carbocycles. The van der Waals surface area contributed by atoms with Crippen LogP contribution in [-0.2, 0) is 23.2 Å². The predicted octanol–water partition coefficient (Wildman–Crippen LogP) is 3.50. The molecule has 1 saturated heterocycles. The van der Waals surface area contributed by atoms with E-state index in [1.54, 1.807) is 13.1 Å². The van der Waals surface area contributed by atoms with Crippen LogP contribution in [0, 0.1) is 11.6 Å². The molecule has 0 unspecified atom stereocenters. The average molecular weight is 519 g/mol. The summed E-state index contributed by atoms with van der Waals surface area (Å²) in [6.45, 7) is 0.724. The Morgan fingerprint density at radius 1 is 1.14 bits per heavy atom. The lowest BCUT2D eigenvalue weighted by Gasteiger charge is -2.36. The molecule has 0 aliphatic carbocycles. The summed E-state index contributed by atoms with van der Waals surface area (Å²) in [6, 6.07) is 1.90. The van der Waals surface area contributed by atoms with Gasteiger partial charge in [0.2, 0.25) is 10.0 Å². The molecule has 1 aromatic carbocycles. The third-order valence-electron chi connectivity index (χ3n) is 6.26. The predicted molar refractivity (Wildman–Crippen MR) is 118 cm³/mol. The summed E-state index contributed by atoms with van der Waals surface area (Å²) in [6.07, 6.45) is -1.54. The molecule has 4 rings (SSSR count). The minimum absolute atomic E-state index is 0.00789. The minimum atomic E-state index is -5.16. The van der Waals surface area contributed by atoms with E-state index < -0.39 is 44.7 Å². The van der Waals surface area contributed by atoms with E-state index in [0.29, 0.717) is 37.3 Å². The van der Waals surface area contributed by atoms with Crippen molar-refractivity contribution in [2.24, 2.45) is 7.05 Å². The van der Waals surface area contributed by atoms with E-state index in [4.69, 9.17) is 0 Å². The highest BCUT2D eigenvalue weighted by atomic mass is 32.2. The summed E-state index contributed by atoms with van der Waals surface area (Å²) >= 11 is 0. The zero-order valence-electron chi connectivity index (χ0n) is 18.9. The Morgan fingerprint density at radius 2 is 1.77 bits per heavy atom. The monoisotopic (exact) mass is 519 g/mol. The Labute approximate surface area is 197 Å². The standard InChI is InChI=1S/C21H22F5N5O3S/c1-29(11-4-6-31(7-5-11)35(3,33)34)16-9-15-13(10-27-16)19(28-30(15)2)12-8-14(21(24,25)26)18(23)20(32)17(12)22/h8-11,32H,4-7H2,1-3H3. The molecule has 8 nitrogen and oxygen atoms in total. The maximum atomic E-state index is 14.6. The number of hydrogen-bond donors (Lipinski definition) is 1. The molecule has 3 heterocycles. The van der Waals surface area contributed by atoms with E-state index in [9.17, 15) is 35.5 Å². The van der Waals surface area contributed by atoms with Gasteiger partial charge in [-0.25, -0.2) is 26.5 Å². The second kappa shape index (κ2) is 8.59. The molecule has 2 aromatic heterocycles. The number of fused-ring (bicyclic) bond motifs is 1. The van der Waals surface area contributed by atoms with Gasteiger partial charge in [0, 0.05) is 56.4 Å². The molecule has 0 spiro atoms. The maximum absolute atomic E-state index is 14.6. The van der Waals surface area contributed by atoms with Gasteiger partial charge < -0.3 is 10.0 Å². The van der Waals surface area contributed by atoms with Crippen molar-refractivity contribution >= 4 is 26.7 Å². The van der Waals surface area contributed by atoms with Crippen molar-refractivity contribution in [1.82, 2.24) is 19.1 Å². The van der Waals surface area contributed by atoms with Gasteiger partial charge in [0.25, 0.3) is 0 Å². The van der Waals surface area contributed by atoms with E-state index in [1.165, 1.54) is 22.2 Å². The molecule has 35 heavy (non-hydrogen) atoms. The highest BCUT2D eigenvalue weighted by Gasteiger charge is 2.38. The second-order valence-electron chi connectivity index (χ2n) is 8.48. The first kappa shape index (κ1) is 25.1. The van der Waals surface area contributed by atoms with Gasteiger partial charge in [-0.3, -0.25) is 4.68 Å². The zero-order chi connectivity index (χ0) is 25.9. The molecule has 3 aromatic rings. The summed E-state index contributed by atoms with van der Waals surface area (Å²) in [5.41, 5.74) is -2.33. The van der Waals surface area contributed by atoms with E-state index in [1.807, 2.05) is 4.90 Å². The van der Waals surface area contributed by atoms with Crippen molar-refractivity contribution in [3.8, 4) is 17.0 Å². The van der Waals surface area contributed by atoms with E-state index in [2.05, 4.69) is 10.1 Å².